The van der Waals surface area contributed by atoms with Crippen molar-refractivity contribution in [3.05, 3.63) is 94.0 Å². The molecule has 3 aromatic carbocycles. The maximum atomic E-state index is 13.5. The predicted molar refractivity (Wildman–Crippen MR) is 112 cm³/mol. The molecule has 0 unspecified atom stereocenters. The monoisotopic (exact) mass is 445 g/mol. The normalized spacial score (nSPS) is 11.5. The third kappa shape index (κ3) is 5.38. The van der Waals surface area contributed by atoms with Crippen molar-refractivity contribution in [2.24, 2.45) is 0 Å². The molecule has 0 spiro atoms. The van der Waals surface area contributed by atoms with Crippen molar-refractivity contribution in [1.29, 1.82) is 0 Å². The average molecular weight is 446 g/mol. The number of ether oxygens (including phenoxy) is 2. The summed E-state index contributed by atoms with van der Waals surface area (Å²) < 4.78 is 36.9. The zero-order valence-corrected chi connectivity index (χ0v) is 17.4. The van der Waals surface area contributed by atoms with Crippen LogP contribution in [0.4, 0.5) is 8.78 Å². The Kier molecular flexibility index (Phi) is 6.87. The van der Waals surface area contributed by atoms with Gasteiger partial charge in [-0.15, -0.1) is 0 Å². The van der Waals surface area contributed by atoms with Gasteiger partial charge in [0.25, 0.3) is 5.91 Å². The van der Waals surface area contributed by atoms with Crippen molar-refractivity contribution in [2.75, 3.05) is 7.11 Å². The number of nitrogens with one attached hydrogen (secondary N) is 1. The van der Waals surface area contributed by atoms with E-state index in [1.807, 2.05) is 0 Å². The predicted octanol–water partition coefficient (Wildman–Crippen LogP) is 5.69. The second-order valence-corrected chi connectivity index (χ2v) is 7.06. The average Bonchev–Trinajstić information content (AvgIpc) is 2.77. The molecule has 0 aliphatic heterocycles. The molecular formula is C23H18ClF2NO4. The number of esters is 1. The van der Waals surface area contributed by atoms with Crippen molar-refractivity contribution in [3.8, 4) is 11.5 Å². The molecular weight excluding hydrogens is 428 g/mol. The molecule has 31 heavy (non-hydrogen) atoms. The highest BCUT2D eigenvalue weighted by atomic mass is 35.5. The summed E-state index contributed by atoms with van der Waals surface area (Å²) in [7, 11) is 1.30. The van der Waals surface area contributed by atoms with Gasteiger partial charge in [-0.05, 0) is 55.0 Å². The van der Waals surface area contributed by atoms with Crippen molar-refractivity contribution in [2.45, 2.75) is 13.0 Å². The Labute approximate surface area is 182 Å². The van der Waals surface area contributed by atoms with E-state index < -0.39 is 29.6 Å². The fourth-order valence-corrected chi connectivity index (χ4v) is 2.99. The lowest BCUT2D eigenvalue weighted by Crippen LogP contribution is -2.27. The Balaban J connectivity index is 1.79. The highest BCUT2D eigenvalue weighted by Crippen LogP contribution is 2.29. The minimum absolute atomic E-state index is 0.0294. The van der Waals surface area contributed by atoms with E-state index in [1.54, 1.807) is 31.2 Å². The molecule has 1 N–H and O–H groups in total. The summed E-state index contributed by atoms with van der Waals surface area (Å²) in [5, 5.41) is 3.12. The summed E-state index contributed by atoms with van der Waals surface area (Å²) in [6.07, 6.45) is 0. The highest BCUT2D eigenvalue weighted by molar-refractivity contribution is 6.31. The van der Waals surface area contributed by atoms with Crippen LogP contribution in [0.1, 0.15) is 39.2 Å². The van der Waals surface area contributed by atoms with E-state index in [-0.39, 0.29) is 17.1 Å². The van der Waals surface area contributed by atoms with Gasteiger partial charge in [0.2, 0.25) is 0 Å². The number of hydrogen-bond acceptors (Lipinski definition) is 4. The van der Waals surface area contributed by atoms with Crippen LogP contribution in [-0.2, 0) is 4.74 Å². The first kappa shape index (κ1) is 22.2. The minimum atomic E-state index is -1.07. The first-order valence-corrected chi connectivity index (χ1v) is 9.58. The molecule has 1 atom stereocenters. The molecule has 3 aromatic rings. The van der Waals surface area contributed by atoms with E-state index >= 15 is 0 Å². The lowest BCUT2D eigenvalue weighted by atomic mass is 10.1. The summed E-state index contributed by atoms with van der Waals surface area (Å²) in [6, 6.07) is 13.7. The summed E-state index contributed by atoms with van der Waals surface area (Å²) >= 11 is 6.04. The largest absolute Gasteiger partial charge is 0.465 e. The molecule has 5 nitrogen and oxygen atoms in total. The number of halogens is 3. The first-order valence-electron chi connectivity index (χ1n) is 9.20. The van der Waals surface area contributed by atoms with Crippen LogP contribution in [0.5, 0.6) is 11.5 Å². The fourth-order valence-electron chi connectivity index (χ4n) is 2.82. The number of benzene rings is 3. The number of amides is 1. The summed E-state index contributed by atoms with van der Waals surface area (Å²) in [6.45, 7) is 1.77. The van der Waals surface area contributed by atoms with Crippen LogP contribution in [0.15, 0.2) is 60.7 Å². The SMILES string of the molecule is COC(=O)c1ccc([C@H](C)NC(=O)c2cc(Cl)ccc2Oc2ccc(F)c(F)c2)cc1. The van der Waals surface area contributed by atoms with E-state index in [0.29, 0.717) is 10.6 Å². The van der Waals surface area contributed by atoms with E-state index in [2.05, 4.69) is 10.1 Å². The van der Waals surface area contributed by atoms with Gasteiger partial charge in [0.15, 0.2) is 11.6 Å². The molecule has 0 aromatic heterocycles. The molecule has 8 heteroatoms. The molecule has 160 valence electrons. The van der Waals surface area contributed by atoms with Crippen LogP contribution in [-0.4, -0.2) is 19.0 Å². The van der Waals surface area contributed by atoms with Crippen molar-refractivity contribution >= 4 is 23.5 Å². The quantitative estimate of drug-likeness (QED) is 0.495. The van der Waals surface area contributed by atoms with E-state index in [0.717, 1.165) is 17.7 Å². The fraction of sp³-hybridized carbons (Fsp3) is 0.130. The molecule has 0 aliphatic rings. The van der Waals surface area contributed by atoms with Crippen LogP contribution in [0.2, 0.25) is 5.02 Å². The number of carbonyl (C=O) groups is 2. The summed E-state index contributed by atoms with van der Waals surface area (Å²) in [5.41, 5.74) is 1.27. The van der Waals surface area contributed by atoms with Gasteiger partial charge in [-0.25, -0.2) is 13.6 Å². The minimum Gasteiger partial charge on any atom is -0.465 e. The Hall–Kier alpha value is -3.45. The van der Waals surface area contributed by atoms with Gasteiger partial charge in [-0.2, -0.15) is 0 Å². The van der Waals surface area contributed by atoms with Gasteiger partial charge in [-0.3, -0.25) is 4.79 Å². The highest BCUT2D eigenvalue weighted by Gasteiger charge is 2.18. The second kappa shape index (κ2) is 9.57. The summed E-state index contributed by atoms with van der Waals surface area (Å²) in [4.78, 5) is 24.4. The third-order valence-corrected chi connectivity index (χ3v) is 4.72. The van der Waals surface area contributed by atoms with Gasteiger partial charge in [-0.1, -0.05) is 23.7 Å². The molecule has 0 bridgehead atoms. The van der Waals surface area contributed by atoms with Crippen LogP contribution >= 0.6 is 11.6 Å². The maximum absolute atomic E-state index is 13.5. The number of hydrogen-bond donors (Lipinski definition) is 1. The lowest BCUT2D eigenvalue weighted by molar-refractivity contribution is 0.0600. The van der Waals surface area contributed by atoms with Crippen molar-refractivity contribution in [3.63, 3.8) is 0 Å². The molecule has 0 fully saturated rings. The van der Waals surface area contributed by atoms with Crippen LogP contribution in [0, 0.1) is 11.6 Å². The van der Waals surface area contributed by atoms with Crippen LogP contribution in [0.25, 0.3) is 0 Å². The Morgan fingerprint density at radius 3 is 2.32 bits per heavy atom. The lowest BCUT2D eigenvalue weighted by Gasteiger charge is -2.17. The topological polar surface area (TPSA) is 64.6 Å². The van der Waals surface area contributed by atoms with E-state index in [9.17, 15) is 18.4 Å². The number of methoxy groups -OCH3 is 1. The zero-order valence-electron chi connectivity index (χ0n) is 16.6. The molecule has 3 rings (SSSR count). The van der Waals surface area contributed by atoms with Crippen molar-refractivity contribution in [1.82, 2.24) is 5.32 Å². The third-order valence-electron chi connectivity index (χ3n) is 4.48. The Morgan fingerprint density at radius 1 is 0.968 bits per heavy atom. The molecule has 0 aliphatic carbocycles. The summed E-state index contributed by atoms with van der Waals surface area (Å²) in [5.74, 6) is -2.86. The van der Waals surface area contributed by atoms with Gasteiger partial charge >= 0.3 is 5.97 Å². The van der Waals surface area contributed by atoms with E-state index in [1.165, 1.54) is 31.4 Å². The first-order chi connectivity index (χ1) is 14.8. The van der Waals surface area contributed by atoms with E-state index in [4.69, 9.17) is 16.3 Å². The Bertz CT molecular complexity index is 1120. The number of carbonyl (C=O) groups excluding carboxylic acids is 2. The molecule has 0 radical (unpaired) electrons. The molecule has 0 heterocycles. The van der Waals surface area contributed by atoms with Gasteiger partial charge in [0.05, 0.1) is 24.3 Å². The number of rotatable bonds is 6. The van der Waals surface area contributed by atoms with Gasteiger partial charge in [0, 0.05) is 11.1 Å². The van der Waals surface area contributed by atoms with Gasteiger partial charge < -0.3 is 14.8 Å². The zero-order chi connectivity index (χ0) is 22.5. The van der Waals surface area contributed by atoms with Crippen LogP contribution < -0.4 is 10.1 Å². The smallest absolute Gasteiger partial charge is 0.337 e. The maximum Gasteiger partial charge on any atom is 0.337 e. The molecule has 0 saturated carbocycles. The molecule has 0 saturated heterocycles. The standard InChI is InChI=1S/C23H18ClF2NO4/c1-13(14-3-5-15(6-4-14)23(29)30-2)27-22(28)18-11-16(24)7-10-21(18)31-17-8-9-19(25)20(26)12-17/h3-13H,1-2H3,(H,27,28)/t13-/m0/s1. The second-order valence-electron chi connectivity index (χ2n) is 6.63. The van der Waals surface area contributed by atoms with Crippen molar-refractivity contribution < 1.29 is 27.8 Å². The Morgan fingerprint density at radius 2 is 1.68 bits per heavy atom. The van der Waals surface area contributed by atoms with Gasteiger partial charge in [0.1, 0.15) is 11.5 Å². The van der Waals surface area contributed by atoms with Crippen LogP contribution in [0.3, 0.4) is 0 Å². The molecule has 1 amide bonds.